The van der Waals surface area contributed by atoms with Crippen molar-refractivity contribution in [2.24, 2.45) is 0 Å². The largest absolute Gasteiger partial charge is 0.490 e. The molecule has 0 radical (unpaired) electrons. The molecule has 0 saturated heterocycles. The van der Waals surface area contributed by atoms with Crippen molar-refractivity contribution in [2.45, 2.75) is 299 Å². The molecule has 0 atom stereocenters. The molecule has 0 aromatic heterocycles. The van der Waals surface area contributed by atoms with Gasteiger partial charge >= 0.3 is 0 Å². The third-order valence-corrected chi connectivity index (χ3v) is 21.1. The van der Waals surface area contributed by atoms with E-state index in [4.69, 9.17) is 47.4 Å². The van der Waals surface area contributed by atoms with Crippen LogP contribution in [-0.2, 0) is 0 Å². The van der Waals surface area contributed by atoms with Gasteiger partial charge in [0.2, 0.25) is 58.2 Å². The first kappa shape index (κ1) is 132. The zero-order valence-corrected chi connectivity index (χ0v) is 87.9. The fourth-order valence-corrected chi connectivity index (χ4v) is 11.8. The number of unbranched alkanes of at least 4 members (excludes halogenated alkanes) is 15. The fourth-order valence-electron chi connectivity index (χ4n) is 11.8. The number of hydrogen-bond donors (Lipinski definition) is 0. The second kappa shape index (κ2) is 76.4. The van der Waals surface area contributed by atoms with Crippen molar-refractivity contribution in [3.05, 3.63) is 293 Å². The van der Waals surface area contributed by atoms with Crippen LogP contribution in [0, 0.1) is 186 Å². The van der Waals surface area contributed by atoms with Gasteiger partial charge in [-0.05, 0) is 250 Å². The molecule has 10 aromatic carbocycles. The van der Waals surface area contributed by atoms with Crippen molar-refractivity contribution >= 4 is 0 Å². The summed E-state index contributed by atoms with van der Waals surface area (Å²) in [5.74, 6) is -17.0. The minimum Gasteiger partial charge on any atom is -0.490 e. The lowest BCUT2D eigenvalue weighted by Gasteiger charge is -2.08. The second-order valence-corrected chi connectivity index (χ2v) is 33.9. The van der Waals surface area contributed by atoms with Crippen molar-refractivity contribution in [3.8, 4) is 57.5 Å². The maximum atomic E-state index is 13.3. The Bertz CT molecular complexity index is 4880. The smallest absolute Gasteiger partial charge is 0.200 e. The van der Waals surface area contributed by atoms with Gasteiger partial charge in [0.05, 0.1) is 66.1 Å². The monoisotopic (exact) mass is 2070 g/mol. The summed E-state index contributed by atoms with van der Waals surface area (Å²) in [6.45, 7) is 39.8. The molecule has 0 bridgehead atoms. The van der Waals surface area contributed by atoms with Gasteiger partial charge in [-0.1, -0.05) is 226 Å². The molecule has 0 heterocycles. The van der Waals surface area contributed by atoms with Gasteiger partial charge in [0.15, 0.2) is 116 Å². The van der Waals surface area contributed by atoms with Gasteiger partial charge < -0.3 is 47.4 Å². The predicted octanol–water partition coefficient (Wildman–Crippen LogP) is 36.5. The van der Waals surface area contributed by atoms with Crippen LogP contribution in [0.3, 0.4) is 0 Å². The van der Waals surface area contributed by atoms with E-state index < -0.39 is 116 Å². The van der Waals surface area contributed by atoms with Crippen molar-refractivity contribution in [1.82, 2.24) is 0 Å². The molecular weight excluding hydrogens is 1920 g/mol. The molecule has 810 valence electrons. The van der Waals surface area contributed by atoms with Gasteiger partial charge in [-0.3, -0.25) is 0 Å². The second-order valence-electron chi connectivity index (χ2n) is 33.9. The van der Waals surface area contributed by atoms with Gasteiger partial charge in [-0.2, -0.15) is 43.9 Å². The zero-order valence-electron chi connectivity index (χ0n) is 87.9. The lowest BCUT2D eigenvalue weighted by Crippen LogP contribution is -2.01. The Labute approximate surface area is 847 Å². The van der Waals surface area contributed by atoms with Crippen LogP contribution < -0.4 is 47.4 Å². The molecular formula is C115H150F20O10. The minimum atomic E-state index is -0.895. The van der Waals surface area contributed by atoms with Crippen LogP contribution >= 0.6 is 0 Å². The minimum absolute atomic E-state index is 0.00144. The summed E-state index contributed by atoms with van der Waals surface area (Å²) in [5, 5.41) is 0. The van der Waals surface area contributed by atoms with E-state index in [9.17, 15) is 87.8 Å². The lowest BCUT2D eigenvalue weighted by molar-refractivity contribution is 0.285. The van der Waals surface area contributed by atoms with E-state index in [1.807, 2.05) is 34.6 Å². The van der Waals surface area contributed by atoms with Crippen LogP contribution in [-0.4, -0.2) is 66.1 Å². The van der Waals surface area contributed by atoms with Gasteiger partial charge in [0.1, 0.15) is 0 Å². The molecule has 30 heteroatoms. The van der Waals surface area contributed by atoms with Crippen molar-refractivity contribution in [2.75, 3.05) is 66.1 Å². The standard InChI is InChI=1S/2C13H18F2O.3C12H16F2O.3C11H14F2O.2C10H12F2O/c2*1-3-4-5-6-9-16-11-8-7-10(2)12(14)13(11)15;3*1-3-4-5-8-15-10-7-6-9(2)11(13)12(10)14;3*1-3-4-7-14-9-6-5-8(2)10(12)11(9)13;2*1-3-6-13-8-5-4-7(2)9(11)10(8)12/h2*7-8H,3-6,9H2,1-2H3;3*6-7H,3-5,8H2,1-2H3;3*5-6H,3-4,7H2,1-2H3;2*4-5H,3,6H2,1-2H3. The van der Waals surface area contributed by atoms with E-state index in [0.717, 1.165) is 161 Å². The van der Waals surface area contributed by atoms with Gasteiger partial charge in [-0.25, -0.2) is 43.9 Å². The Morgan fingerprint density at radius 3 is 0.338 bits per heavy atom. The van der Waals surface area contributed by atoms with Crippen LogP contribution in [0.5, 0.6) is 57.5 Å². The quantitative estimate of drug-likeness (QED) is 0.0271. The molecule has 0 N–H and O–H groups in total. The maximum Gasteiger partial charge on any atom is 0.200 e. The average molecular weight is 2070 g/mol. The summed E-state index contributed by atoms with van der Waals surface area (Å²) >= 11 is 0. The van der Waals surface area contributed by atoms with Crippen LogP contribution in [0.2, 0.25) is 0 Å². The van der Waals surface area contributed by atoms with Crippen LogP contribution in [0.25, 0.3) is 0 Å². The Morgan fingerprint density at radius 1 is 0.117 bits per heavy atom. The lowest BCUT2D eigenvalue weighted by atomic mass is 10.2. The molecule has 10 nitrogen and oxygen atoms in total. The number of halogens is 20. The highest BCUT2D eigenvalue weighted by molar-refractivity contribution is 5.38. The third-order valence-electron chi connectivity index (χ3n) is 21.1. The molecule has 0 spiro atoms. The normalized spacial score (nSPS) is 10.3. The van der Waals surface area contributed by atoms with Gasteiger partial charge in [0.25, 0.3) is 0 Å². The van der Waals surface area contributed by atoms with Crippen LogP contribution in [0.1, 0.15) is 285 Å². The molecule has 10 rings (SSSR count). The highest BCUT2D eigenvalue weighted by Crippen LogP contribution is 2.32. The first-order valence-electron chi connectivity index (χ1n) is 49.9. The Balaban J connectivity index is 0.000000806. The fraction of sp³-hybridized carbons (Fsp3) is 0.478. The predicted molar refractivity (Wildman–Crippen MR) is 538 cm³/mol. The Hall–Kier alpha value is -11.2. The topological polar surface area (TPSA) is 92.3 Å². The molecule has 10 aromatic rings. The van der Waals surface area contributed by atoms with E-state index >= 15 is 0 Å². The number of aryl methyl sites for hydroxylation is 10. The summed E-state index contributed by atoms with van der Waals surface area (Å²) in [6, 6.07) is 29.8. The van der Waals surface area contributed by atoms with Gasteiger partial charge in [-0.15, -0.1) is 0 Å². The molecule has 0 amide bonds. The summed E-state index contributed by atoms with van der Waals surface area (Å²) < 4.78 is 314. The maximum absolute atomic E-state index is 13.3. The molecule has 0 saturated carbocycles. The first-order chi connectivity index (χ1) is 69.1. The average Bonchev–Trinajstić information content (AvgIpc) is 0.877. The SMILES string of the molecule is CCCCCCOc1ccc(C)c(F)c1F.CCCCCCOc1ccc(C)c(F)c1F.CCCCCOc1ccc(C)c(F)c1F.CCCCCOc1ccc(C)c(F)c1F.CCCCCOc1ccc(C)c(F)c1F.CCCCOc1ccc(C)c(F)c1F.CCCCOc1ccc(C)c(F)c1F.CCCCOc1ccc(C)c(F)c1F.CCCOc1ccc(C)c(F)c1F.CCCOc1ccc(C)c(F)c1F. The highest BCUT2D eigenvalue weighted by Gasteiger charge is 2.21. The number of rotatable bonds is 45. The summed E-state index contributed by atoms with van der Waals surface area (Å²) in [4.78, 5) is 0. The Kier molecular flexibility index (Phi) is 69.4. The molecule has 0 aliphatic heterocycles. The van der Waals surface area contributed by atoms with Crippen molar-refractivity contribution < 1.29 is 135 Å². The Morgan fingerprint density at radius 2 is 0.221 bits per heavy atom. The van der Waals surface area contributed by atoms with Crippen LogP contribution in [0.15, 0.2) is 121 Å². The number of hydrogen-bond acceptors (Lipinski definition) is 10. The highest BCUT2D eigenvalue weighted by atomic mass is 19.2. The van der Waals surface area contributed by atoms with E-state index in [0.29, 0.717) is 122 Å². The molecule has 145 heavy (non-hydrogen) atoms. The van der Waals surface area contributed by atoms with Crippen molar-refractivity contribution in [3.63, 3.8) is 0 Å². The van der Waals surface area contributed by atoms with Gasteiger partial charge in [0, 0.05) is 0 Å². The molecule has 0 aliphatic carbocycles. The molecule has 0 fully saturated rings. The summed E-state index contributed by atoms with van der Waals surface area (Å²) in [6.07, 6.45) is 24.4. The summed E-state index contributed by atoms with van der Waals surface area (Å²) in [7, 11) is 0. The van der Waals surface area contributed by atoms with E-state index in [1.165, 1.54) is 191 Å². The van der Waals surface area contributed by atoms with Crippen LogP contribution in [0.4, 0.5) is 87.8 Å². The number of benzene rings is 10. The zero-order chi connectivity index (χ0) is 109. The number of ether oxygens (including phenoxy) is 10. The van der Waals surface area contributed by atoms with Crippen molar-refractivity contribution in [1.29, 1.82) is 0 Å². The van der Waals surface area contributed by atoms with E-state index in [-0.39, 0.29) is 57.5 Å². The third kappa shape index (κ3) is 49.7. The summed E-state index contributed by atoms with van der Waals surface area (Å²) in [5.41, 5.74) is 2.98. The first-order valence-corrected chi connectivity index (χ1v) is 49.9. The molecule has 0 unspecified atom stereocenters. The molecule has 0 aliphatic rings. The van der Waals surface area contributed by atoms with E-state index in [1.54, 1.807) is 0 Å². The van der Waals surface area contributed by atoms with E-state index in [2.05, 4.69) is 34.6 Å².